The van der Waals surface area contributed by atoms with Crippen LogP contribution in [0.1, 0.15) is 17.3 Å². The van der Waals surface area contributed by atoms with E-state index in [1.807, 2.05) is 17.9 Å². The maximum absolute atomic E-state index is 11.5. The van der Waals surface area contributed by atoms with Crippen LogP contribution in [0.15, 0.2) is 18.2 Å². The molecule has 0 aliphatic carbocycles. The lowest BCUT2D eigenvalue weighted by Crippen LogP contribution is -2.26. The lowest BCUT2D eigenvalue weighted by Gasteiger charge is -2.22. The number of hydrogen-bond acceptors (Lipinski definition) is 5. The molecule has 17 heavy (non-hydrogen) atoms. The fourth-order valence-corrected chi connectivity index (χ4v) is 1.62. The summed E-state index contributed by atoms with van der Waals surface area (Å²) in [6.07, 6.45) is 0. The van der Waals surface area contributed by atoms with Gasteiger partial charge >= 0.3 is 5.97 Å². The molecule has 0 atom stereocenters. The van der Waals surface area contributed by atoms with E-state index in [1.54, 1.807) is 12.1 Å². The van der Waals surface area contributed by atoms with Crippen molar-refractivity contribution < 1.29 is 14.6 Å². The molecule has 0 aromatic heterocycles. The second-order valence-electron chi connectivity index (χ2n) is 3.57. The molecule has 0 saturated carbocycles. The summed E-state index contributed by atoms with van der Waals surface area (Å²) in [5, 5.41) is 8.95. The molecule has 0 bridgehead atoms. The third-order valence-electron chi connectivity index (χ3n) is 2.56. The van der Waals surface area contributed by atoms with Crippen molar-refractivity contribution in [1.29, 1.82) is 0 Å². The molecule has 0 unspecified atom stereocenters. The number of hydrogen-bond donors (Lipinski definition) is 2. The van der Waals surface area contributed by atoms with Crippen LogP contribution in [0.2, 0.25) is 0 Å². The predicted molar refractivity (Wildman–Crippen MR) is 67.2 cm³/mol. The number of nitrogens with zero attached hydrogens (tertiary/aromatic N) is 1. The van der Waals surface area contributed by atoms with Crippen molar-refractivity contribution in [3.05, 3.63) is 23.8 Å². The lowest BCUT2D eigenvalue weighted by atomic mass is 10.1. The molecular formula is C12H18N2O3. The first-order valence-corrected chi connectivity index (χ1v) is 5.47. The second-order valence-corrected chi connectivity index (χ2v) is 3.57. The highest BCUT2D eigenvalue weighted by Gasteiger charge is 2.12. The quantitative estimate of drug-likeness (QED) is 0.588. The van der Waals surface area contributed by atoms with Crippen molar-refractivity contribution in [3.8, 4) is 0 Å². The second kappa shape index (κ2) is 6.10. The summed E-state index contributed by atoms with van der Waals surface area (Å²) in [7, 11) is 1.32. The van der Waals surface area contributed by atoms with Gasteiger partial charge in [-0.05, 0) is 25.1 Å². The van der Waals surface area contributed by atoms with E-state index < -0.39 is 5.97 Å². The number of nitrogen functional groups attached to an aromatic ring is 1. The minimum atomic E-state index is -0.454. The van der Waals surface area contributed by atoms with Gasteiger partial charge in [-0.2, -0.15) is 0 Å². The molecule has 0 heterocycles. The zero-order valence-electron chi connectivity index (χ0n) is 10.1. The van der Waals surface area contributed by atoms with E-state index in [0.717, 1.165) is 12.2 Å². The van der Waals surface area contributed by atoms with Gasteiger partial charge in [0.2, 0.25) is 0 Å². The molecule has 0 fully saturated rings. The van der Waals surface area contributed by atoms with Crippen LogP contribution in [-0.2, 0) is 4.74 Å². The maximum atomic E-state index is 11.5. The van der Waals surface area contributed by atoms with Gasteiger partial charge in [0, 0.05) is 24.5 Å². The molecule has 1 rings (SSSR count). The molecular weight excluding hydrogens is 220 g/mol. The van der Waals surface area contributed by atoms with Gasteiger partial charge in [-0.1, -0.05) is 0 Å². The predicted octanol–water partition coefficient (Wildman–Crippen LogP) is 0.874. The number of aliphatic hydroxyl groups is 1. The van der Waals surface area contributed by atoms with E-state index in [2.05, 4.69) is 4.74 Å². The number of esters is 1. The van der Waals surface area contributed by atoms with Crippen molar-refractivity contribution >= 4 is 17.3 Å². The minimum Gasteiger partial charge on any atom is -0.465 e. The highest BCUT2D eigenvalue weighted by Crippen LogP contribution is 2.21. The number of rotatable bonds is 5. The molecule has 0 radical (unpaired) electrons. The molecule has 1 aromatic carbocycles. The Hall–Kier alpha value is -1.75. The van der Waals surface area contributed by atoms with Gasteiger partial charge in [-0.15, -0.1) is 0 Å². The van der Waals surface area contributed by atoms with Gasteiger partial charge in [-0.3, -0.25) is 0 Å². The maximum Gasteiger partial charge on any atom is 0.340 e. The van der Waals surface area contributed by atoms with Crippen LogP contribution in [0.3, 0.4) is 0 Å². The first kappa shape index (κ1) is 13.3. The fraction of sp³-hybridized carbons (Fsp3) is 0.417. The molecule has 5 nitrogen and oxygen atoms in total. The molecule has 1 aromatic rings. The standard InChI is InChI=1S/C12H18N2O3/c1-3-14(6-7-15)9-4-5-11(13)10(8-9)12(16)17-2/h4-5,8,15H,3,6-7,13H2,1-2H3. The molecule has 5 heteroatoms. The van der Waals surface area contributed by atoms with Gasteiger partial charge in [0.05, 0.1) is 19.3 Å². The first-order valence-electron chi connectivity index (χ1n) is 5.47. The topological polar surface area (TPSA) is 75.8 Å². The van der Waals surface area contributed by atoms with E-state index in [4.69, 9.17) is 10.8 Å². The number of likely N-dealkylation sites (N-methyl/N-ethyl adjacent to an activating group) is 1. The number of aliphatic hydroxyl groups excluding tert-OH is 1. The largest absolute Gasteiger partial charge is 0.465 e. The third kappa shape index (κ3) is 3.10. The van der Waals surface area contributed by atoms with E-state index in [0.29, 0.717) is 17.8 Å². The average molecular weight is 238 g/mol. The fourth-order valence-electron chi connectivity index (χ4n) is 1.62. The van der Waals surface area contributed by atoms with Crippen LogP contribution >= 0.6 is 0 Å². The van der Waals surface area contributed by atoms with Gasteiger partial charge in [0.25, 0.3) is 0 Å². The normalized spacial score (nSPS) is 10.1. The molecule has 0 amide bonds. The monoisotopic (exact) mass is 238 g/mol. The summed E-state index contributed by atoms with van der Waals surface area (Å²) in [4.78, 5) is 13.4. The van der Waals surface area contributed by atoms with Crippen LogP contribution in [0.25, 0.3) is 0 Å². The molecule has 0 aliphatic rings. The SMILES string of the molecule is CCN(CCO)c1ccc(N)c(C(=O)OC)c1. The molecule has 3 N–H and O–H groups in total. The average Bonchev–Trinajstić information content (AvgIpc) is 2.36. The Morgan fingerprint density at radius 1 is 1.53 bits per heavy atom. The smallest absolute Gasteiger partial charge is 0.340 e. The Bertz CT molecular complexity index is 393. The van der Waals surface area contributed by atoms with Gasteiger partial charge in [0.1, 0.15) is 0 Å². The van der Waals surface area contributed by atoms with Crippen molar-refractivity contribution in [1.82, 2.24) is 0 Å². The number of nitrogens with two attached hydrogens (primary N) is 1. The number of benzene rings is 1. The van der Waals surface area contributed by atoms with Crippen LogP contribution in [0.5, 0.6) is 0 Å². The van der Waals surface area contributed by atoms with Crippen LogP contribution in [0, 0.1) is 0 Å². The Kier molecular flexibility index (Phi) is 4.78. The summed E-state index contributed by atoms with van der Waals surface area (Å²) >= 11 is 0. The molecule has 0 aliphatic heterocycles. The highest BCUT2D eigenvalue weighted by molar-refractivity contribution is 5.96. The van der Waals surface area contributed by atoms with Gasteiger partial charge in [0.15, 0.2) is 0 Å². The summed E-state index contributed by atoms with van der Waals surface area (Å²) in [6.45, 7) is 3.29. The van der Waals surface area contributed by atoms with Gasteiger partial charge in [-0.25, -0.2) is 4.79 Å². The van der Waals surface area contributed by atoms with Crippen LogP contribution in [-0.4, -0.2) is 37.9 Å². The van der Waals surface area contributed by atoms with Crippen LogP contribution < -0.4 is 10.6 Å². The van der Waals surface area contributed by atoms with E-state index >= 15 is 0 Å². The zero-order chi connectivity index (χ0) is 12.8. The van der Waals surface area contributed by atoms with E-state index in [-0.39, 0.29) is 6.61 Å². The summed E-state index contributed by atoms with van der Waals surface area (Å²) in [6, 6.07) is 5.17. The zero-order valence-corrected chi connectivity index (χ0v) is 10.1. The Morgan fingerprint density at radius 3 is 2.76 bits per heavy atom. The first-order chi connectivity index (χ1) is 8.13. The molecule has 94 valence electrons. The Balaban J connectivity index is 3.06. The summed E-state index contributed by atoms with van der Waals surface area (Å²) in [5.41, 5.74) is 7.29. The number of ether oxygens (including phenoxy) is 1. The van der Waals surface area contributed by atoms with E-state index in [9.17, 15) is 4.79 Å². The van der Waals surface area contributed by atoms with Crippen LogP contribution in [0.4, 0.5) is 11.4 Å². The highest BCUT2D eigenvalue weighted by atomic mass is 16.5. The summed E-state index contributed by atoms with van der Waals surface area (Å²) < 4.78 is 4.66. The Labute approximate surface area is 101 Å². The summed E-state index contributed by atoms with van der Waals surface area (Å²) in [5.74, 6) is -0.454. The van der Waals surface area contributed by atoms with E-state index in [1.165, 1.54) is 7.11 Å². The number of anilines is 2. The number of carbonyl (C=O) groups is 1. The van der Waals surface area contributed by atoms with Crippen molar-refractivity contribution in [3.63, 3.8) is 0 Å². The van der Waals surface area contributed by atoms with Gasteiger partial charge < -0.3 is 20.5 Å². The minimum absolute atomic E-state index is 0.0613. The number of methoxy groups -OCH3 is 1. The van der Waals surface area contributed by atoms with Crippen molar-refractivity contribution in [2.75, 3.05) is 37.4 Å². The number of carbonyl (C=O) groups excluding carboxylic acids is 1. The van der Waals surface area contributed by atoms with Crippen molar-refractivity contribution in [2.24, 2.45) is 0 Å². The molecule has 0 spiro atoms. The van der Waals surface area contributed by atoms with Crippen molar-refractivity contribution in [2.45, 2.75) is 6.92 Å². The third-order valence-corrected chi connectivity index (χ3v) is 2.56. The molecule has 0 saturated heterocycles. The Morgan fingerprint density at radius 2 is 2.24 bits per heavy atom. The lowest BCUT2D eigenvalue weighted by molar-refractivity contribution is 0.0602.